The second-order valence-corrected chi connectivity index (χ2v) is 6.60. The summed E-state index contributed by atoms with van der Waals surface area (Å²) in [7, 11) is 0. The molecule has 0 saturated heterocycles. The van der Waals surface area contributed by atoms with Gasteiger partial charge in [-0.15, -0.1) is 0 Å². The average molecular weight is 290 g/mol. The van der Waals surface area contributed by atoms with Crippen molar-refractivity contribution in [3.05, 3.63) is 35.1 Å². The number of carbonyl (C=O) groups is 1. The lowest BCUT2D eigenvalue weighted by molar-refractivity contribution is -0.000990. The van der Waals surface area contributed by atoms with Gasteiger partial charge in [-0.1, -0.05) is 25.7 Å². The van der Waals surface area contributed by atoms with Crippen molar-refractivity contribution in [2.24, 2.45) is 11.8 Å². The Kier molecular flexibility index (Phi) is 4.27. The number of hydrogen-bond donors (Lipinski definition) is 0. The second kappa shape index (κ2) is 6.17. The Hall–Kier alpha value is -1.38. The third kappa shape index (κ3) is 3.28. The molecule has 2 fully saturated rings. The lowest BCUT2D eigenvalue weighted by Crippen LogP contribution is -2.33. The average Bonchev–Trinajstić information content (AvgIpc) is 2.47. The first kappa shape index (κ1) is 14.6. The molecule has 2 aliphatic rings. The molecule has 1 aromatic rings. The largest absolute Gasteiger partial charge is 0.459 e. The van der Waals surface area contributed by atoms with E-state index in [2.05, 4.69) is 0 Å². The first-order chi connectivity index (χ1) is 10.1. The summed E-state index contributed by atoms with van der Waals surface area (Å²) in [5.41, 5.74) is 1.13. The number of aryl methyl sites for hydroxylation is 1. The van der Waals surface area contributed by atoms with Crippen molar-refractivity contribution in [2.75, 3.05) is 0 Å². The Bertz CT molecular complexity index is 526. The fraction of sp³-hybridized carbons (Fsp3) is 0.611. The summed E-state index contributed by atoms with van der Waals surface area (Å²) in [6.07, 6.45) is 8.53. The molecule has 21 heavy (non-hydrogen) atoms. The summed E-state index contributed by atoms with van der Waals surface area (Å²) in [6, 6.07) is 4.23. The number of esters is 1. The topological polar surface area (TPSA) is 26.3 Å². The molecule has 3 heteroatoms. The molecule has 114 valence electrons. The van der Waals surface area contributed by atoms with E-state index in [0.29, 0.717) is 11.1 Å². The Morgan fingerprint density at radius 3 is 2.67 bits per heavy atom. The molecule has 3 rings (SSSR count). The highest BCUT2D eigenvalue weighted by molar-refractivity contribution is 5.91. The van der Waals surface area contributed by atoms with Crippen LogP contribution >= 0.6 is 0 Å². The molecule has 3 unspecified atom stereocenters. The van der Waals surface area contributed by atoms with Crippen molar-refractivity contribution in [1.29, 1.82) is 0 Å². The second-order valence-electron chi connectivity index (χ2n) is 6.60. The number of hydrogen-bond acceptors (Lipinski definition) is 2. The van der Waals surface area contributed by atoms with E-state index in [4.69, 9.17) is 4.74 Å². The fourth-order valence-corrected chi connectivity index (χ4v) is 4.01. The van der Waals surface area contributed by atoms with Crippen molar-refractivity contribution in [2.45, 2.75) is 58.0 Å². The quantitative estimate of drug-likeness (QED) is 0.741. The molecule has 2 nitrogen and oxygen atoms in total. The molecular weight excluding hydrogens is 267 g/mol. The van der Waals surface area contributed by atoms with Crippen LogP contribution in [-0.4, -0.2) is 12.1 Å². The minimum Gasteiger partial charge on any atom is -0.459 e. The van der Waals surface area contributed by atoms with Crippen LogP contribution in [0, 0.1) is 24.6 Å². The van der Waals surface area contributed by atoms with Crippen LogP contribution in [0.25, 0.3) is 0 Å². The van der Waals surface area contributed by atoms with Crippen molar-refractivity contribution < 1.29 is 13.9 Å². The molecule has 2 saturated carbocycles. The molecule has 0 aromatic heterocycles. The van der Waals surface area contributed by atoms with Crippen LogP contribution in [0.3, 0.4) is 0 Å². The number of rotatable bonds is 2. The van der Waals surface area contributed by atoms with Crippen molar-refractivity contribution >= 4 is 5.97 Å². The van der Waals surface area contributed by atoms with E-state index >= 15 is 0 Å². The van der Waals surface area contributed by atoms with Gasteiger partial charge in [-0.3, -0.25) is 0 Å². The van der Waals surface area contributed by atoms with E-state index in [1.807, 2.05) is 0 Å². The third-order valence-corrected chi connectivity index (χ3v) is 5.17. The Balaban J connectivity index is 1.62. The van der Waals surface area contributed by atoms with Crippen molar-refractivity contribution in [3.8, 4) is 0 Å². The minimum atomic E-state index is -0.313. The lowest BCUT2D eigenvalue weighted by atomic mass is 9.70. The van der Waals surface area contributed by atoms with E-state index in [0.717, 1.165) is 24.7 Å². The molecule has 1 aromatic carbocycles. The summed E-state index contributed by atoms with van der Waals surface area (Å²) < 4.78 is 18.8. The molecule has 0 radical (unpaired) electrons. The van der Waals surface area contributed by atoms with Gasteiger partial charge in [-0.05, 0) is 61.8 Å². The van der Waals surface area contributed by atoms with Crippen LogP contribution in [0.4, 0.5) is 4.39 Å². The molecule has 0 bridgehead atoms. The number of halogens is 1. The predicted octanol–water partition coefficient (Wildman–Crippen LogP) is 4.65. The molecule has 2 aliphatic carbocycles. The highest BCUT2D eigenvalue weighted by Crippen LogP contribution is 2.41. The zero-order valence-electron chi connectivity index (χ0n) is 12.6. The van der Waals surface area contributed by atoms with Gasteiger partial charge in [-0.25, -0.2) is 9.18 Å². The van der Waals surface area contributed by atoms with E-state index < -0.39 is 0 Å². The van der Waals surface area contributed by atoms with Crippen LogP contribution < -0.4 is 0 Å². The number of carbonyl (C=O) groups excluding carboxylic acids is 1. The van der Waals surface area contributed by atoms with E-state index in [-0.39, 0.29) is 17.9 Å². The molecule has 0 amide bonds. The molecule has 3 atom stereocenters. The van der Waals surface area contributed by atoms with Crippen LogP contribution in [0.2, 0.25) is 0 Å². The SMILES string of the molecule is Cc1cc(F)ccc1C(=O)OC1CCC2CCCCC2C1. The standard InChI is InChI=1S/C18H23FO2/c1-12-10-15(19)7-9-17(12)18(20)21-16-8-6-13-4-2-3-5-14(13)11-16/h7,9-10,13-14,16H,2-6,8,11H2,1H3. The highest BCUT2D eigenvalue weighted by atomic mass is 19.1. The van der Waals surface area contributed by atoms with E-state index in [1.54, 1.807) is 6.92 Å². The number of fused-ring (bicyclic) bond motifs is 1. The third-order valence-electron chi connectivity index (χ3n) is 5.17. The maximum absolute atomic E-state index is 13.1. The van der Waals surface area contributed by atoms with Gasteiger partial charge in [0.1, 0.15) is 11.9 Å². The zero-order chi connectivity index (χ0) is 14.8. The van der Waals surface area contributed by atoms with Gasteiger partial charge in [0.2, 0.25) is 0 Å². The van der Waals surface area contributed by atoms with Gasteiger partial charge in [0, 0.05) is 0 Å². The summed E-state index contributed by atoms with van der Waals surface area (Å²) >= 11 is 0. The highest BCUT2D eigenvalue weighted by Gasteiger charge is 2.33. The van der Waals surface area contributed by atoms with E-state index in [1.165, 1.54) is 50.3 Å². The van der Waals surface area contributed by atoms with Gasteiger partial charge >= 0.3 is 5.97 Å². The predicted molar refractivity (Wildman–Crippen MR) is 79.6 cm³/mol. The van der Waals surface area contributed by atoms with Crippen LogP contribution in [0.1, 0.15) is 60.9 Å². The lowest BCUT2D eigenvalue weighted by Gasteiger charge is -2.38. The fourth-order valence-electron chi connectivity index (χ4n) is 4.01. The summed E-state index contributed by atoms with van der Waals surface area (Å²) in [4.78, 5) is 12.3. The Morgan fingerprint density at radius 1 is 1.14 bits per heavy atom. The van der Waals surface area contributed by atoms with Crippen LogP contribution in [0.5, 0.6) is 0 Å². The van der Waals surface area contributed by atoms with Gasteiger partial charge in [0.15, 0.2) is 0 Å². The summed E-state index contributed by atoms with van der Waals surface area (Å²) in [6.45, 7) is 1.75. The Labute approximate surface area is 125 Å². The number of ether oxygens (including phenoxy) is 1. The molecular formula is C18H23FO2. The van der Waals surface area contributed by atoms with E-state index in [9.17, 15) is 9.18 Å². The zero-order valence-corrected chi connectivity index (χ0v) is 12.6. The monoisotopic (exact) mass is 290 g/mol. The smallest absolute Gasteiger partial charge is 0.338 e. The molecule has 0 N–H and O–H groups in total. The Morgan fingerprint density at radius 2 is 1.90 bits per heavy atom. The molecule has 0 spiro atoms. The summed E-state index contributed by atoms with van der Waals surface area (Å²) in [5.74, 6) is 0.972. The molecule has 0 heterocycles. The van der Waals surface area contributed by atoms with Gasteiger partial charge < -0.3 is 4.74 Å². The molecule has 0 aliphatic heterocycles. The van der Waals surface area contributed by atoms with Crippen LogP contribution in [-0.2, 0) is 4.74 Å². The van der Waals surface area contributed by atoms with Gasteiger partial charge in [0.25, 0.3) is 0 Å². The maximum Gasteiger partial charge on any atom is 0.338 e. The van der Waals surface area contributed by atoms with Gasteiger partial charge in [-0.2, -0.15) is 0 Å². The normalized spacial score (nSPS) is 28.8. The number of benzene rings is 1. The summed E-state index contributed by atoms with van der Waals surface area (Å²) in [5, 5.41) is 0. The minimum absolute atomic E-state index is 0.0429. The van der Waals surface area contributed by atoms with Crippen molar-refractivity contribution in [1.82, 2.24) is 0 Å². The van der Waals surface area contributed by atoms with Crippen molar-refractivity contribution in [3.63, 3.8) is 0 Å². The van der Waals surface area contributed by atoms with Crippen LogP contribution in [0.15, 0.2) is 18.2 Å². The van der Waals surface area contributed by atoms with Gasteiger partial charge in [0.05, 0.1) is 5.56 Å². The maximum atomic E-state index is 13.1. The first-order valence-electron chi connectivity index (χ1n) is 8.10. The first-order valence-corrected chi connectivity index (χ1v) is 8.10.